The first-order valence-corrected chi connectivity index (χ1v) is 6.60. The number of aromatic amines is 1. The fraction of sp³-hybridized carbons (Fsp3) is 0.0714. The number of anilines is 1. The normalized spacial score (nSPS) is 10.8. The van der Waals surface area contributed by atoms with Crippen molar-refractivity contribution < 1.29 is 0 Å². The summed E-state index contributed by atoms with van der Waals surface area (Å²) in [6.07, 6.45) is 0. The third-order valence-corrected chi connectivity index (χ3v) is 3.21. The molecule has 0 aliphatic heterocycles. The summed E-state index contributed by atoms with van der Waals surface area (Å²) in [6.45, 7) is 0.611. The van der Waals surface area contributed by atoms with Crippen LogP contribution in [0.15, 0.2) is 42.5 Å². The van der Waals surface area contributed by atoms with Gasteiger partial charge in [-0.25, -0.2) is 4.98 Å². The van der Waals surface area contributed by atoms with E-state index in [0.717, 1.165) is 22.5 Å². The first-order chi connectivity index (χ1) is 9.20. The van der Waals surface area contributed by atoms with Gasteiger partial charge in [-0.2, -0.15) is 0 Å². The number of rotatable bonds is 3. The molecular formula is C14H11Cl2N3. The zero-order valence-electron chi connectivity index (χ0n) is 9.95. The Kier molecular flexibility index (Phi) is 3.32. The maximum Gasteiger partial charge on any atom is 0.201 e. The van der Waals surface area contributed by atoms with Crippen LogP contribution in [0.25, 0.3) is 11.0 Å². The molecule has 3 nitrogen and oxygen atoms in total. The molecule has 0 unspecified atom stereocenters. The van der Waals surface area contributed by atoms with Crippen molar-refractivity contribution >= 4 is 40.2 Å². The highest BCUT2D eigenvalue weighted by Gasteiger charge is 2.02. The lowest BCUT2D eigenvalue weighted by atomic mass is 10.2. The predicted octanol–water partition coefficient (Wildman–Crippen LogP) is 4.48. The molecular weight excluding hydrogens is 281 g/mol. The van der Waals surface area contributed by atoms with Crippen molar-refractivity contribution in [2.75, 3.05) is 5.32 Å². The van der Waals surface area contributed by atoms with Crippen LogP contribution < -0.4 is 5.32 Å². The van der Waals surface area contributed by atoms with Gasteiger partial charge in [-0.15, -0.1) is 0 Å². The van der Waals surface area contributed by atoms with Crippen LogP contribution >= 0.6 is 23.2 Å². The Labute approximate surface area is 120 Å². The van der Waals surface area contributed by atoms with Gasteiger partial charge in [0.25, 0.3) is 0 Å². The first-order valence-electron chi connectivity index (χ1n) is 5.84. The summed E-state index contributed by atoms with van der Waals surface area (Å²) >= 11 is 11.9. The maximum atomic E-state index is 5.96. The Morgan fingerprint density at radius 2 is 1.79 bits per heavy atom. The molecule has 0 fully saturated rings. The van der Waals surface area contributed by atoms with E-state index < -0.39 is 0 Å². The van der Waals surface area contributed by atoms with E-state index >= 15 is 0 Å². The molecule has 0 saturated carbocycles. The van der Waals surface area contributed by atoms with Gasteiger partial charge in [0.15, 0.2) is 0 Å². The van der Waals surface area contributed by atoms with Crippen LogP contribution in [0.1, 0.15) is 5.56 Å². The molecule has 96 valence electrons. The average molecular weight is 292 g/mol. The maximum absolute atomic E-state index is 5.96. The number of H-pyrrole nitrogens is 1. The summed E-state index contributed by atoms with van der Waals surface area (Å²) in [5, 5.41) is 4.49. The topological polar surface area (TPSA) is 40.7 Å². The quantitative estimate of drug-likeness (QED) is 0.747. The highest BCUT2D eigenvalue weighted by molar-refractivity contribution is 6.34. The number of fused-ring (bicyclic) bond motifs is 1. The molecule has 0 bridgehead atoms. The molecule has 0 saturated heterocycles. The van der Waals surface area contributed by atoms with Gasteiger partial charge in [0.05, 0.1) is 11.0 Å². The summed E-state index contributed by atoms with van der Waals surface area (Å²) in [7, 11) is 0. The van der Waals surface area contributed by atoms with Crippen molar-refractivity contribution in [2.24, 2.45) is 0 Å². The molecule has 5 heteroatoms. The van der Waals surface area contributed by atoms with E-state index in [0.29, 0.717) is 16.6 Å². The Morgan fingerprint density at radius 1 is 1.05 bits per heavy atom. The molecule has 1 aromatic heterocycles. The Hall–Kier alpha value is -1.71. The van der Waals surface area contributed by atoms with Gasteiger partial charge in [0, 0.05) is 16.6 Å². The standard InChI is InChI=1S/C14H11Cl2N3/c15-10-5-9(6-11(16)7-10)8-17-14-18-12-3-1-2-4-13(12)19-14/h1-7H,8H2,(H2,17,18,19). The number of para-hydroxylation sites is 2. The number of nitrogens with one attached hydrogen (secondary N) is 2. The molecule has 2 aromatic carbocycles. The van der Waals surface area contributed by atoms with Crippen molar-refractivity contribution in [1.82, 2.24) is 9.97 Å². The third-order valence-electron chi connectivity index (χ3n) is 2.77. The lowest BCUT2D eigenvalue weighted by molar-refractivity contribution is 1.10. The molecule has 3 aromatic rings. The van der Waals surface area contributed by atoms with Crippen molar-refractivity contribution in [3.05, 3.63) is 58.1 Å². The van der Waals surface area contributed by atoms with Gasteiger partial charge >= 0.3 is 0 Å². The monoisotopic (exact) mass is 291 g/mol. The number of hydrogen-bond acceptors (Lipinski definition) is 2. The molecule has 19 heavy (non-hydrogen) atoms. The molecule has 0 atom stereocenters. The fourth-order valence-electron chi connectivity index (χ4n) is 1.94. The van der Waals surface area contributed by atoms with E-state index in [4.69, 9.17) is 23.2 Å². The van der Waals surface area contributed by atoms with E-state index in [1.165, 1.54) is 0 Å². The summed E-state index contributed by atoms with van der Waals surface area (Å²) < 4.78 is 0. The van der Waals surface area contributed by atoms with Gasteiger partial charge in [-0.1, -0.05) is 35.3 Å². The van der Waals surface area contributed by atoms with Crippen LogP contribution in [0, 0.1) is 0 Å². The Bertz CT molecular complexity index is 668. The van der Waals surface area contributed by atoms with Crippen LogP contribution in [0.5, 0.6) is 0 Å². The van der Waals surface area contributed by atoms with Crippen LogP contribution in [0.2, 0.25) is 10.0 Å². The van der Waals surface area contributed by atoms with E-state index in [2.05, 4.69) is 15.3 Å². The second kappa shape index (κ2) is 5.11. The molecule has 3 rings (SSSR count). The minimum absolute atomic E-state index is 0.611. The molecule has 0 spiro atoms. The number of benzene rings is 2. The van der Waals surface area contributed by atoms with Crippen molar-refractivity contribution in [3.8, 4) is 0 Å². The second-order valence-corrected chi connectivity index (χ2v) is 5.11. The number of halogens is 2. The smallest absolute Gasteiger partial charge is 0.201 e. The number of aromatic nitrogens is 2. The predicted molar refractivity (Wildman–Crippen MR) is 79.9 cm³/mol. The van der Waals surface area contributed by atoms with E-state index in [1.807, 2.05) is 36.4 Å². The van der Waals surface area contributed by atoms with Gasteiger partial charge < -0.3 is 10.3 Å². The number of nitrogens with zero attached hydrogens (tertiary/aromatic N) is 1. The minimum atomic E-state index is 0.611. The molecule has 0 amide bonds. The van der Waals surface area contributed by atoms with Crippen LogP contribution in [-0.4, -0.2) is 9.97 Å². The van der Waals surface area contributed by atoms with Crippen LogP contribution in [-0.2, 0) is 6.54 Å². The number of imidazole rings is 1. The Morgan fingerprint density at radius 3 is 2.53 bits per heavy atom. The molecule has 0 radical (unpaired) electrons. The van der Waals surface area contributed by atoms with E-state index in [9.17, 15) is 0 Å². The third kappa shape index (κ3) is 2.83. The molecule has 0 aliphatic carbocycles. The van der Waals surface area contributed by atoms with Crippen LogP contribution in [0.4, 0.5) is 5.95 Å². The largest absolute Gasteiger partial charge is 0.352 e. The van der Waals surface area contributed by atoms with E-state index in [1.54, 1.807) is 6.07 Å². The van der Waals surface area contributed by atoms with Crippen LogP contribution in [0.3, 0.4) is 0 Å². The fourth-order valence-corrected chi connectivity index (χ4v) is 2.51. The molecule has 1 heterocycles. The summed E-state index contributed by atoms with van der Waals surface area (Å²) in [5.41, 5.74) is 2.96. The lowest BCUT2D eigenvalue weighted by Crippen LogP contribution is -2.00. The van der Waals surface area contributed by atoms with Gasteiger partial charge in [0.1, 0.15) is 0 Å². The number of hydrogen-bond donors (Lipinski definition) is 2. The molecule has 0 aliphatic rings. The average Bonchev–Trinajstić information content (AvgIpc) is 2.78. The van der Waals surface area contributed by atoms with Crippen molar-refractivity contribution in [1.29, 1.82) is 0 Å². The zero-order valence-corrected chi connectivity index (χ0v) is 11.5. The summed E-state index contributed by atoms with van der Waals surface area (Å²) in [5.74, 6) is 0.734. The van der Waals surface area contributed by atoms with Crippen molar-refractivity contribution in [2.45, 2.75) is 6.54 Å². The summed E-state index contributed by atoms with van der Waals surface area (Å²) in [6, 6.07) is 13.4. The summed E-state index contributed by atoms with van der Waals surface area (Å²) in [4.78, 5) is 7.65. The zero-order chi connectivity index (χ0) is 13.2. The highest BCUT2D eigenvalue weighted by Crippen LogP contribution is 2.20. The lowest BCUT2D eigenvalue weighted by Gasteiger charge is -2.04. The second-order valence-electron chi connectivity index (χ2n) is 4.23. The Balaban J connectivity index is 1.78. The highest BCUT2D eigenvalue weighted by atomic mass is 35.5. The first kappa shape index (κ1) is 12.3. The van der Waals surface area contributed by atoms with Gasteiger partial charge in [-0.05, 0) is 35.9 Å². The van der Waals surface area contributed by atoms with Crippen molar-refractivity contribution in [3.63, 3.8) is 0 Å². The van der Waals surface area contributed by atoms with E-state index in [-0.39, 0.29) is 0 Å². The molecule has 2 N–H and O–H groups in total. The minimum Gasteiger partial charge on any atom is -0.352 e. The van der Waals surface area contributed by atoms with Gasteiger partial charge in [-0.3, -0.25) is 0 Å². The SMILES string of the molecule is Clc1cc(Cl)cc(CNc2nc3ccccc3[nH]2)c1. The van der Waals surface area contributed by atoms with Gasteiger partial charge in [0.2, 0.25) is 5.95 Å².